The van der Waals surface area contributed by atoms with Gasteiger partial charge in [0.2, 0.25) is 0 Å². The number of nitrogens with zero attached hydrogens (tertiary/aromatic N) is 1. The minimum absolute atomic E-state index is 0.405. The predicted molar refractivity (Wildman–Crippen MR) is 91.3 cm³/mol. The van der Waals surface area contributed by atoms with Crippen molar-refractivity contribution in [3.8, 4) is 11.8 Å². The minimum atomic E-state index is 0.405. The van der Waals surface area contributed by atoms with Crippen LogP contribution in [0.2, 0.25) is 0 Å². The molecular formula is C18H22N2S. The Balaban J connectivity index is 1.96. The van der Waals surface area contributed by atoms with Crippen molar-refractivity contribution >= 4 is 11.3 Å². The van der Waals surface area contributed by atoms with Crippen LogP contribution < -0.4 is 5.73 Å². The first-order valence-electron chi connectivity index (χ1n) is 7.19. The molecule has 2 rings (SSSR count). The number of hydrogen-bond acceptors (Lipinski definition) is 3. The zero-order valence-electron chi connectivity index (χ0n) is 12.7. The SMILES string of the molecule is CC(Cc1cccs1)N(C)Cc1cccc(C#CCN)c1. The molecule has 0 saturated carbocycles. The van der Waals surface area contributed by atoms with Crippen LogP contribution in [-0.2, 0) is 13.0 Å². The number of hydrogen-bond donors (Lipinski definition) is 1. The Bertz CT molecular complexity index is 608. The molecule has 1 unspecified atom stereocenters. The smallest absolute Gasteiger partial charge is 0.0555 e. The van der Waals surface area contributed by atoms with E-state index >= 15 is 0 Å². The van der Waals surface area contributed by atoms with Crippen LogP contribution in [0.3, 0.4) is 0 Å². The molecule has 2 N–H and O–H groups in total. The predicted octanol–water partition coefficient (Wildman–Crippen LogP) is 3.12. The van der Waals surface area contributed by atoms with Gasteiger partial charge in [-0.05, 0) is 49.5 Å². The zero-order valence-corrected chi connectivity index (χ0v) is 13.5. The van der Waals surface area contributed by atoms with E-state index in [-0.39, 0.29) is 0 Å². The van der Waals surface area contributed by atoms with Crippen LogP contribution in [0.5, 0.6) is 0 Å². The Morgan fingerprint density at radius 1 is 1.29 bits per heavy atom. The fraction of sp³-hybridized carbons (Fsp3) is 0.333. The van der Waals surface area contributed by atoms with E-state index in [1.165, 1.54) is 10.4 Å². The normalized spacial score (nSPS) is 12.0. The Kier molecular flexibility index (Phi) is 6.01. The molecule has 3 heteroatoms. The molecule has 1 aromatic carbocycles. The summed E-state index contributed by atoms with van der Waals surface area (Å²) in [6, 6.07) is 13.2. The highest BCUT2D eigenvalue weighted by Gasteiger charge is 2.11. The molecule has 21 heavy (non-hydrogen) atoms. The van der Waals surface area contributed by atoms with Gasteiger partial charge in [-0.25, -0.2) is 0 Å². The lowest BCUT2D eigenvalue weighted by Gasteiger charge is -2.24. The summed E-state index contributed by atoms with van der Waals surface area (Å²) in [7, 11) is 2.18. The largest absolute Gasteiger partial charge is 0.320 e. The standard InChI is InChI=1S/C18H22N2S/c1-15(12-18-9-5-11-21-18)20(2)14-17-7-3-6-16(13-17)8-4-10-19/h3,5-7,9,11,13,15H,10,12,14,19H2,1-2H3. The maximum Gasteiger partial charge on any atom is 0.0555 e. The summed E-state index contributed by atoms with van der Waals surface area (Å²) in [6.07, 6.45) is 1.10. The molecule has 0 aliphatic rings. The number of benzene rings is 1. The molecule has 2 aromatic rings. The topological polar surface area (TPSA) is 29.3 Å². The summed E-state index contributed by atoms with van der Waals surface area (Å²) in [6.45, 7) is 3.62. The Labute approximate surface area is 131 Å². The van der Waals surface area contributed by atoms with Crippen molar-refractivity contribution in [3.05, 3.63) is 57.8 Å². The second-order valence-electron chi connectivity index (χ2n) is 5.25. The molecule has 0 saturated heterocycles. The molecule has 2 nitrogen and oxygen atoms in total. The summed E-state index contributed by atoms with van der Waals surface area (Å²) in [5.41, 5.74) is 7.75. The first-order valence-corrected chi connectivity index (χ1v) is 8.07. The van der Waals surface area contributed by atoms with Gasteiger partial charge in [-0.1, -0.05) is 30.0 Å². The Hall–Kier alpha value is -1.60. The average molecular weight is 298 g/mol. The molecule has 0 aliphatic heterocycles. The summed E-state index contributed by atoms with van der Waals surface area (Å²) < 4.78 is 0. The van der Waals surface area contributed by atoms with E-state index in [2.05, 4.69) is 66.4 Å². The van der Waals surface area contributed by atoms with Gasteiger partial charge in [0.05, 0.1) is 6.54 Å². The number of rotatable bonds is 5. The zero-order chi connectivity index (χ0) is 15.1. The van der Waals surface area contributed by atoms with E-state index in [1.54, 1.807) is 0 Å². The number of nitrogens with two attached hydrogens (primary N) is 1. The maximum atomic E-state index is 5.42. The van der Waals surface area contributed by atoms with E-state index in [0.29, 0.717) is 12.6 Å². The monoisotopic (exact) mass is 298 g/mol. The third kappa shape index (κ3) is 5.02. The third-order valence-corrected chi connectivity index (χ3v) is 4.42. The minimum Gasteiger partial charge on any atom is -0.320 e. The summed E-state index contributed by atoms with van der Waals surface area (Å²) in [5.74, 6) is 5.99. The highest BCUT2D eigenvalue weighted by molar-refractivity contribution is 7.09. The molecule has 1 atom stereocenters. The van der Waals surface area contributed by atoms with Gasteiger partial charge in [-0.15, -0.1) is 11.3 Å². The molecule has 0 radical (unpaired) electrons. The molecule has 0 bridgehead atoms. The lowest BCUT2D eigenvalue weighted by atomic mass is 10.1. The van der Waals surface area contributed by atoms with Crippen molar-refractivity contribution in [2.75, 3.05) is 13.6 Å². The molecular weight excluding hydrogens is 276 g/mol. The number of likely N-dealkylation sites (N-methyl/N-ethyl adjacent to an activating group) is 1. The summed E-state index contributed by atoms with van der Waals surface area (Å²) >= 11 is 1.83. The molecule has 0 fully saturated rings. The quantitative estimate of drug-likeness (QED) is 0.859. The average Bonchev–Trinajstić information content (AvgIpc) is 2.98. The van der Waals surface area contributed by atoms with Crippen molar-refractivity contribution in [2.24, 2.45) is 5.73 Å². The van der Waals surface area contributed by atoms with Crippen LogP contribution in [0, 0.1) is 11.8 Å². The second-order valence-corrected chi connectivity index (χ2v) is 6.29. The van der Waals surface area contributed by atoms with Crippen LogP contribution >= 0.6 is 11.3 Å². The Morgan fingerprint density at radius 3 is 2.86 bits per heavy atom. The Morgan fingerprint density at radius 2 is 2.14 bits per heavy atom. The maximum absolute atomic E-state index is 5.42. The highest BCUT2D eigenvalue weighted by atomic mass is 32.1. The van der Waals surface area contributed by atoms with Crippen molar-refractivity contribution in [3.63, 3.8) is 0 Å². The van der Waals surface area contributed by atoms with Gasteiger partial charge < -0.3 is 5.73 Å². The van der Waals surface area contributed by atoms with E-state index in [0.717, 1.165) is 18.5 Å². The fourth-order valence-corrected chi connectivity index (χ4v) is 3.05. The van der Waals surface area contributed by atoms with Crippen molar-refractivity contribution < 1.29 is 0 Å². The fourth-order valence-electron chi connectivity index (χ4n) is 2.22. The lowest BCUT2D eigenvalue weighted by Crippen LogP contribution is -2.30. The van der Waals surface area contributed by atoms with Crippen LogP contribution in [0.25, 0.3) is 0 Å². The molecule has 0 spiro atoms. The van der Waals surface area contributed by atoms with Crippen LogP contribution in [0.4, 0.5) is 0 Å². The van der Waals surface area contributed by atoms with E-state index < -0.39 is 0 Å². The van der Waals surface area contributed by atoms with E-state index in [1.807, 2.05) is 17.4 Å². The molecule has 1 heterocycles. The molecule has 0 aliphatic carbocycles. The molecule has 0 amide bonds. The van der Waals surface area contributed by atoms with E-state index in [9.17, 15) is 0 Å². The van der Waals surface area contributed by atoms with Gasteiger partial charge in [0.25, 0.3) is 0 Å². The van der Waals surface area contributed by atoms with Crippen LogP contribution in [0.1, 0.15) is 22.9 Å². The van der Waals surface area contributed by atoms with E-state index in [4.69, 9.17) is 5.73 Å². The molecule has 110 valence electrons. The first-order chi connectivity index (χ1) is 10.2. The first kappa shape index (κ1) is 15.8. The number of thiophene rings is 1. The summed E-state index contributed by atoms with van der Waals surface area (Å²) in [5, 5.41) is 2.14. The van der Waals surface area contributed by atoms with Crippen LogP contribution in [-0.4, -0.2) is 24.5 Å². The second kappa shape index (κ2) is 7.99. The van der Waals surface area contributed by atoms with Gasteiger partial charge in [0.1, 0.15) is 0 Å². The van der Waals surface area contributed by atoms with Gasteiger partial charge in [-0.3, -0.25) is 4.90 Å². The highest BCUT2D eigenvalue weighted by Crippen LogP contribution is 2.15. The van der Waals surface area contributed by atoms with Gasteiger partial charge in [-0.2, -0.15) is 0 Å². The summed E-state index contributed by atoms with van der Waals surface area (Å²) in [4.78, 5) is 3.83. The van der Waals surface area contributed by atoms with Crippen molar-refractivity contribution in [1.29, 1.82) is 0 Å². The van der Waals surface area contributed by atoms with Gasteiger partial charge in [0.15, 0.2) is 0 Å². The van der Waals surface area contributed by atoms with Gasteiger partial charge in [0, 0.05) is 23.0 Å². The lowest BCUT2D eigenvalue weighted by molar-refractivity contribution is 0.249. The van der Waals surface area contributed by atoms with Crippen molar-refractivity contribution in [2.45, 2.75) is 25.9 Å². The van der Waals surface area contributed by atoms with Crippen molar-refractivity contribution in [1.82, 2.24) is 4.90 Å². The third-order valence-electron chi connectivity index (χ3n) is 3.52. The van der Waals surface area contributed by atoms with Gasteiger partial charge >= 0.3 is 0 Å². The molecule has 1 aromatic heterocycles. The van der Waals surface area contributed by atoms with Crippen LogP contribution in [0.15, 0.2) is 41.8 Å².